The van der Waals surface area contributed by atoms with E-state index in [9.17, 15) is 14.7 Å². The van der Waals surface area contributed by atoms with Crippen molar-refractivity contribution in [3.05, 3.63) is 81.6 Å². The number of aromatic amines is 2. The van der Waals surface area contributed by atoms with E-state index in [0.29, 0.717) is 12.2 Å². The summed E-state index contributed by atoms with van der Waals surface area (Å²) in [6, 6.07) is 15.5. The molecule has 0 unspecified atom stereocenters. The number of aryl methyl sites for hydroxylation is 1. The Labute approximate surface area is 237 Å². The molecular formula is C23H24N4Na2O4. The summed E-state index contributed by atoms with van der Waals surface area (Å²) in [5.41, 5.74) is 5.27. The van der Waals surface area contributed by atoms with Crippen LogP contribution in [0.4, 0.5) is 0 Å². The molecule has 0 bridgehead atoms. The van der Waals surface area contributed by atoms with Gasteiger partial charge in [-0.25, -0.2) is 9.59 Å². The second-order valence-electron chi connectivity index (χ2n) is 7.30. The maximum Gasteiger partial charge on any atom is 1.00 e. The molecule has 4 aromatic rings. The summed E-state index contributed by atoms with van der Waals surface area (Å²) in [5.74, 6) is -1.26. The number of benzene rings is 2. The number of carbonyl (C=O) groups is 1. The molecule has 0 amide bonds. The third kappa shape index (κ3) is 6.35. The molecule has 0 aliphatic heterocycles. The minimum absolute atomic E-state index is 0. The molecule has 0 saturated heterocycles. The van der Waals surface area contributed by atoms with E-state index >= 15 is 0 Å². The Morgan fingerprint density at radius 3 is 2.39 bits per heavy atom. The Morgan fingerprint density at radius 2 is 1.79 bits per heavy atom. The first-order valence-corrected chi connectivity index (χ1v) is 10.1. The fourth-order valence-electron chi connectivity index (χ4n) is 3.62. The SMILES string of the molecule is CCCCc1[nH]nc(C(=O)O)c1Cc1ccc(-c2ccccc2-c2noc(=O)[nH]2)cc1.[H-].[H-].[Na+].[Na+]. The molecule has 162 valence electrons. The normalized spacial score (nSPS) is 10.3. The number of carboxylic acid groups (broad SMARTS) is 1. The summed E-state index contributed by atoms with van der Waals surface area (Å²) in [6.07, 6.45) is 3.24. The van der Waals surface area contributed by atoms with Crippen LogP contribution in [-0.4, -0.2) is 31.4 Å². The van der Waals surface area contributed by atoms with Gasteiger partial charge in [-0.15, -0.1) is 0 Å². The number of aromatic nitrogens is 4. The van der Waals surface area contributed by atoms with Gasteiger partial charge < -0.3 is 7.96 Å². The largest absolute Gasteiger partial charge is 1.00 e. The molecule has 0 aliphatic carbocycles. The van der Waals surface area contributed by atoms with Gasteiger partial charge in [0, 0.05) is 23.2 Å². The average Bonchev–Trinajstić information content (AvgIpc) is 3.39. The van der Waals surface area contributed by atoms with E-state index < -0.39 is 11.7 Å². The Balaban J connectivity index is 0.00000289. The van der Waals surface area contributed by atoms with Gasteiger partial charge in [-0.2, -0.15) is 5.10 Å². The Kier molecular flexibility index (Phi) is 10.3. The minimum atomic E-state index is -1.03. The maximum absolute atomic E-state index is 11.6. The smallest absolute Gasteiger partial charge is 1.00 e. The van der Waals surface area contributed by atoms with Crippen molar-refractivity contribution < 1.29 is 76.4 Å². The van der Waals surface area contributed by atoms with Gasteiger partial charge in [0.05, 0.1) is 0 Å². The van der Waals surface area contributed by atoms with Crippen LogP contribution in [0.3, 0.4) is 0 Å². The van der Waals surface area contributed by atoms with Gasteiger partial charge in [0.2, 0.25) is 0 Å². The number of nitrogens with zero attached hydrogens (tertiary/aromatic N) is 2. The van der Waals surface area contributed by atoms with Crippen LogP contribution >= 0.6 is 0 Å². The first-order chi connectivity index (χ1) is 15.1. The molecule has 0 fully saturated rings. The molecule has 10 heteroatoms. The molecule has 3 N–H and O–H groups in total. The fourth-order valence-corrected chi connectivity index (χ4v) is 3.62. The van der Waals surface area contributed by atoms with Crippen LogP contribution in [0.1, 0.15) is 49.9 Å². The van der Waals surface area contributed by atoms with Crippen LogP contribution in [-0.2, 0) is 12.8 Å². The quantitative estimate of drug-likeness (QED) is 0.266. The molecule has 8 nitrogen and oxygen atoms in total. The van der Waals surface area contributed by atoms with Crippen molar-refractivity contribution >= 4 is 5.97 Å². The van der Waals surface area contributed by atoms with Crippen molar-refractivity contribution in [2.24, 2.45) is 0 Å². The van der Waals surface area contributed by atoms with Crippen molar-refractivity contribution in [2.45, 2.75) is 32.6 Å². The summed E-state index contributed by atoms with van der Waals surface area (Å²) in [7, 11) is 0. The third-order valence-corrected chi connectivity index (χ3v) is 5.20. The van der Waals surface area contributed by atoms with Crippen molar-refractivity contribution in [1.82, 2.24) is 20.3 Å². The minimum Gasteiger partial charge on any atom is -1.00 e. The van der Waals surface area contributed by atoms with Crippen molar-refractivity contribution in [3.8, 4) is 22.5 Å². The molecule has 0 atom stereocenters. The van der Waals surface area contributed by atoms with Gasteiger partial charge in [-0.1, -0.05) is 67.0 Å². The molecular weight excluding hydrogens is 442 g/mol. The molecule has 0 aliphatic rings. The standard InChI is InChI=1S/C23H22N4O4.2Na.2H/c1-2-3-8-19-18(20(22(28)29)26-25-19)13-14-9-11-15(12-10-14)16-6-4-5-7-17(16)21-24-23(30)31-27-21;;;;/h4-7,9-12H,2-3,8,13H2,1H3,(H,25,26)(H,28,29)(H,24,27,30);;;;/q;2*+1;2*-1. The molecule has 0 radical (unpaired) electrons. The monoisotopic (exact) mass is 466 g/mol. The van der Waals surface area contributed by atoms with Gasteiger partial charge in [0.15, 0.2) is 11.5 Å². The van der Waals surface area contributed by atoms with E-state index in [4.69, 9.17) is 0 Å². The van der Waals surface area contributed by atoms with E-state index in [1.807, 2.05) is 48.5 Å². The van der Waals surface area contributed by atoms with Crippen molar-refractivity contribution in [1.29, 1.82) is 0 Å². The Bertz CT molecular complexity index is 1270. The van der Waals surface area contributed by atoms with Crippen LogP contribution in [0.25, 0.3) is 22.5 Å². The molecule has 0 saturated carbocycles. The Morgan fingerprint density at radius 1 is 1.09 bits per heavy atom. The predicted molar refractivity (Wildman–Crippen MR) is 117 cm³/mol. The third-order valence-electron chi connectivity index (χ3n) is 5.20. The summed E-state index contributed by atoms with van der Waals surface area (Å²) in [5, 5.41) is 20.2. The number of unbranched alkanes of at least 4 members (excludes halogenated alkanes) is 1. The summed E-state index contributed by atoms with van der Waals surface area (Å²) >= 11 is 0. The number of hydrogen-bond acceptors (Lipinski definition) is 5. The topological polar surface area (TPSA) is 125 Å². The summed E-state index contributed by atoms with van der Waals surface area (Å²) < 4.78 is 4.64. The van der Waals surface area contributed by atoms with E-state index in [-0.39, 0.29) is 67.7 Å². The van der Waals surface area contributed by atoms with Gasteiger partial charge in [-0.3, -0.25) is 14.6 Å². The molecule has 33 heavy (non-hydrogen) atoms. The first-order valence-electron chi connectivity index (χ1n) is 10.1. The number of aromatic carboxylic acids is 1. The van der Waals surface area contributed by atoms with Crippen LogP contribution in [0.5, 0.6) is 0 Å². The second-order valence-corrected chi connectivity index (χ2v) is 7.30. The first kappa shape index (κ1) is 27.3. The van der Waals surface area contributed by atoms with E-state index in [1.54, 1.807) is 0 Å². The van der Waals surface area contributed by atoms with Crippen LogP contribution in [0.2, 0.25) is 0 Å². The average molecular weight is 466 g/mol. The molecule has 0 spiro atoms. The van der Waals surface area contributed by atoms with Crippen LogP contribution in [0.15, 0.2) is 57.8 Å². The van der Waals surface area contributed by atoms with Gasteiger partial charge in [-0.05, 0) is 29.5 Å². The summed E-state index contributed by atoms with van der Waals surface area (Å²) in [4.78, 5) is 25.5. The van der Waals surface area contributed by atoms with Crippen LogP contribution < -0.4 is 64.9 Å². The zero-order valence-corrected chi connectivity index (χ0v) is 23.0. The molecule has 2 aromatic carbocycles. The van der Waals surface area contributed by atoms with Gasteiger partial charge >= 0.3 is 70.8 Å². The number of nitrogens with one attached hydrogen (secondary N) is 2. The summed E-state index contributed by atoms with van der Waals surface area (Å²) in [6.45, 7) is 2.10. The maximum atomic E-state index is 11.6. The number of hydrogen-bond donors (Lipinski definition) is 3. The zero-order valence-electron chi connectivity index (χ0n) is 21.0. The second kappa shape index (κ2) is 12.5. The number of H-pyrrole nitrogens is 2. The van der Waals surface area contributed by atoms with Crippen molar-refractivity contribution in [3.63, 3.8) is 0 Å². The fraction of sp³-hybridized carbons (Fsp3) is 0.217. The molecule has 2 aromatic heterocycles. The van der Waals surface area contributed by atoms with Crippen LogP contribution in [0, 0.1) is 0 Å². The molecule has 4 rings (SSSR count). The molecule has 2 heterocycles. The van der Waals surface area contributed by atoms with Crippen molar-refractivity contribution in [2.75, 3.05) is 0 Å². The van der Waals surface area contributed by atoms with E-state index in [1.165, 1.54) is 0 Å². The van der Waals surface area contributed by atoms with E-state index in [0.717, 1.165) is 52.8 Å². The predicted octanol–water partition coefficient (Wildman–Crippen LogP) is -1.72. The van der Waals surface area contributed by atoms with E-state index in [2.05, 4.69) is 31.8 Å². The van der Waals surface area contributed by atoms with Gasteiger partial charge in [0.1, 0.15) is 0 Å². The Hall–Kier alpha value is -1.94. The zero-order chi connectivity index (χ0) is 21.8. The number of rotatable bonds is 8. The van der Waals surface area contributed by atoms with Gasteiger partial charge in [0.25, 0.3) is 0 Å². The number of carboxylic acids is 1.